The predicted molar refractivity (Wildman–Crippen MR) is 52.9 cm³/mol. The van der Waals surface area contributed by atoms with E-state index in [4.69, 9.17) is 15.9 Å². The third kappa shape index (κ3) is 2.83. The van der Waals surface area contributed by atoms with Gasteiger partial charge in [0.15, 0.2) is 0 Å². The van der Waals surface area contributed by atoms with Gasteiger partial charge in [0, 0.05) is 19.2 Å². The lowest BCUT2D eigenvalue weighted by molar-refractivity contribution is 0.281. The van der Waals surface area contributed by atoms with Crippen LogP contribution in [0.3, 0.4) is 0 Å². The molecule has 0 aliphatic rings. The second-order valence-corrected chi connectivity index (χ2v) is 3.31. The van der Waals surface area contributed by atoms with Crippen LogP contribution in [0, 0.1) is 0 Å². The fraction of sp³-hybridized carbons (Fsp3) is 0.571. The first-order chi connectivity index (χ1) is 6.27. The van der Waals surface area contributed by atoms with Gasteiger partial charge >= 0.3 is 0 Å². The molecule has 0 spiro atoms. The summed E-state index contributed by atoms with van der Waals surface area (Å²) in [7, 11) is 0. The first-order valence-electron chi connectivity index (χ1n) is 3.96. The summed E-state index contributed by atoms with van der Waals surface area (Å²) in [6.45, 7) is 1.08. The van der Waals surface area contributed by atoms with Crippen LogP contribution in [-0.4, -0.2) is 40.9 Å². The molecule has 1 aromatic rings. The average Bonchev–Trinajstić information content (AvgIpc) is 2.51. The molecule has 1 rings (SSSR count). The van der Waals surface area contributed by atoms with Gasteiger partial charge in [-0.1, -0.05) is 0 Å². The Morgan fingerprint density at radius 1 is 1.38 bits per heavy atom. The fourth-order valence-electron chi connectivity index (χ4n) is 1.00. The number of aromatic nitrogens is 1. The summed E-state index contributed by atoms with van der Waals surface area (Å²) >= 11 is 1.27. The van der Waals surface area contributed by atoms with Crippen molar-refractivity contribution in [2.24, 2.45) is 0 Å². The van der Waals surface area contributed by atoms with Crippen LogP contribution in [0.2, 0.25) is 0 Å². The van der Waals surface area contributed by atoms with E-state index in [-0.39, 0.29) is 13.2 Å². The normalized spacial score (nSPS) is 10.3. The quantitative estimate of drug-likeness (QED) is 0.602. The maximum Gasteiger partial charge on any atom is 0.139 e. The number of aliphatic hydroxyl groups excluding tert-OH is 2. The molecule has 1 heterocycles. The van der Waals surface area contributed by atoms with Crippen molar-refractivity contribution in [1.29, 1.82) is 0 Å². The van der Waals surface area contributed by atoms with E-state index >= 15 is 0 Å². The van der Waals surface area contributed by atoms with Crippen LogP contribution in [0.5, 0.6) is 0 Å². The highest BCUT2D eigenvalue weighted by Gasteiger charge is 2.07. The third-order valence-corrected chi connectivity index (χ3v) is 2.43. The zero-order valence-corrected chi connectivity index (χ0v) is 8.00. The summed E-state index contributed by atoms with van der Waals surface area (Å²) in [6, 6.07) is 1.73. The number of nitrogens with zero attached hydrogens (tertiary/aromatic N) is 2. The number of nitrogen functional groups attached to an aromatic ring is 1. The summed E-state index contributed by atoms with van der Waals surface area (Å²) < 4.78 is 3.92. The summed E-state index contributed by atoms with van der Waals surface area (Å²) in [5, 5.41) is 18.4. The lowest BCUT2D eigenvalue weighted by atomic mass is 10.4. The van der Waals surface area contributed by atoms with E-state index < -0.39 is 0 Å². The van der Waals surface area contributed by atoms with Crippen LogP contribution in [0.15, 0.2) is 6.07 Å². The maximum atomic E-state index is 8.76. The Labute approximate surface area is 80.6 Å². The first kappa shape index (κ1) is 10.2. The Balaban J connectivity index is 2.63. The Morgan fingerprint density at radius 3 is 2.38 bits per heavy atom. The van der Waals surface area contributed by atoms with Gasteiger partial charge in [0.1, 0.15) is 10.8 Å². The van der Waals surface area contributed by atoms with E-state index in [0.717, 1.165) is 5.00 Å². The highest BCUT2D eigenvalue weighted by atomic mass is 32.1. The van der Waals surface area contributed by atoms with Gasteiger partial charge in [-0.2, -0.15) is 4.37 Å². The molecule has 0 aromatic carbocycles. The summed E-state index contributed by atoms with van der Waals surface area (Å²) in [5.74, 6) is 0.473. The van der Waals surface area contributed by atoms with Gasteiger partial charge in [0.2, 0.25) is 0 Å². The zero-order chi connectivity index (χ0) is 9.68. The SMILES string of the molecule is Nc1cc(N(CCO)CCO)sn1. The molecule has 74 valence electrons. The number of hydrogen-bond donors (Lipinski definition) is 3. The second kappa shape index (κ2) is 5.00. The van der Waals surface area contributed by atoms with E-state index in [1.165, 1.54) is 11.5 Å². The number of rotatable bonds is 5. The van der Waals surface area contributed by atoms with Crippen molar-refractivity contribution in [2.75, 3.05) is 36.9 Å². The van der Waals surface area contributed by atoms with Crippen molar-refractivity contribution in [1.82, 2.24) is 4.37 Å². The molecule has 0 amide bonds. The van der Waals surface area contributed by atoms with Gasteiger partial charge in [0.25, 0.3) is 0 Å². The molecule has 0 fully saturated rings. The molecule has 0 bridgehead atoms. The second-order valence-electron chi connectivity index (χ2n) is 2.52. The third-order valence-electron chi connectivity index (χ3n) is 1.57. The molecule has 5 nitrogen and oxygen atoms in total. The molecule has 0 saturated carbocycles. The molecular formula is C7H13N3O2S. The summed E-state index contributed by atoms with van der Waals surface area (Å²) in [4.78, 5) is 1.84. The molecule has 1 aromatic heterocycles. The fourth-order valence-corrected chi connectivity index (χ4v) is 1.72. The minimum atomic E-state index is 0.0534. The number of nitrogens with two attached hydrogens (primary N) is 1. The molecular weight excluding hydrogens is 190 g/mol. The first-order valence-corrected chi connectivity index (χ1v) is 4.74. The van der Waals surface area contributed by atoms with Gasteiger partial charge in [-0.25, -0.2) is 0 Å². The van der Waals surface area contributed by atoms with E-state index in [0.29, 0.717) is 18.9 Å². The van der Waals surface area contributed by atoms with Crippen LogP contribution in [0.1, 0.15) is 0 Å². The van der Waals surface area contributed by atoms with Crippen molar-refractivity contribution in [3.05, 3.63) is 6.07 Å². The molecule has 0 saturated heterocycles. The minimum absolute atomic E-state index is 0.0534. The van der Waals surface area contributed by atoms with Crippen LogP contribution in [0.25, 0.3) is 0 Å². The monoisotopic (exact) mass is 203 g/mol. The standard InChI is InChI=1S/C7H13N3O2S/c8-6-5-7(13-9-6)10(1-3-11)2-4-12/h5,11-12H,1-4H2,(H2,8,9). The van der Waals surface area contributed by atoms with Gasteiger partial charge in [-0.3, -0.25) is 0 Å². The van der Waals surface area contributed by atoms with Crippen LogP contribution < -0.4 is 10.6 Å². The molecule has 4 N–H and O–H groups in total. The van der Waals surface area contributed by atoms with Crippen molar-refractivity contribution in [3.8, 4) is 0 Å². The van der Waals surface area contributed by atoms with Crippen molar-refractivity contribution >= 4 is 22.4 Å². The molecule has 0 aliphatic heterocycles. The highest BCUT2D eigenvalue weighted by Crippen LogP contribution is 2.22. The Kier molecular flexibility index (Phi) is 3.94. The number of hydrogen-bond acceptors (Lipinski definition) is 6. The lowest BCUT2D eigenvalue weighted by Crippen LogP contribution is -2.28. The lowest BCUT2D eigenvalue weighted by Gasteiger charge is -2.19. The van der Waals surface area contributed by atoms with Crippen LogP contribution in [-0.2, 0) is 0 Å². The smallest absolute Gasteiger partial charge is 0.139 e. The van der Waals surface area contributed by atoms with Gasteiger partial charge in [-0.15, -0.1) is 0 Å². The van der Waals surface area contributed by atoms with Crippen LogP contribution in [0.4, 0.5) is 10.8 Å². The Hall–Kier alpha value is -0.850. The zero-order valence-electron chi connectivity index (χ0n) is 7.18. The molecule has 13 heavy (non-hydrogen) atoms. The molecule has 0 aliphatic carbocycles. The van der Waals surface area contributed by atoms with Gasteiger partial charge in [0.05, 0.1) is 13.2 Å². The molecule has 0 radical (unpaired) electrons. The van der Waals surface area contributed by atoms with Crippen molar-refractivity contribution in [2.45, 2.75) is 0 Å². The minimum Gasteiger partial charge on any atom is -0.395 e. The van der Waals surface area contributed by atoms with E-state index in [9.17, 15) is 0 Å². The maximum absolute atomic E-state index is 8.76. The average molecular weight is 203 g/mol. The number of anilines is 2. The van der Waals surface area contributed by atoms with Crippen LogP contribution >= 0.6 is 11.5 Å². The van der Waals surface area contributed by atoms with Crippen molar-refractivity contribution in [3.63, 3.8) is 0 Å². The Morgan fingerprint density at radius 2 is 2.00 bits per heavy atom. The summed E-state index contributed by atoms with van der Waals surface area (Å²) in [5.41, 5.74) is 5.46. The van der Waals surface area contributed by atoms with Crippen molar-refractivity contribution < 1.29 is 10.2 Å². The predicted octanol–water partition coefficient (Wildman–Crippen LogP) is -0.484. The molecule has 0 unspecified atom stereocenters. The summed E-state index contributed by atoms with van der Waals surface area (Å²) in [6.07, 6.45) is 0. The van der Waals surface area contributed by atoms with E-state index in [1.54, 1.807) is 6.07 Å². The van der Waals surface area contributed by atoms with Gasteiger partial charge < -0.3 is 20.8 Å². The number of aliphatic hydroxyl groups is 2. The topological polar surface area (TPSA) is 82.6 Å². The van der Waals surface area contributed by atoms with Gasteiger partial charge in [-0.05, 0) is 11.5 Å². The largest absolute Gasteiger partial charge is 0.395 e. The molecule has 0 atom stereocenters. The van der Waals surface area contributed by atoms with E-state index in [2.05, 4.69) is 4.37 Å². The molecule has 6 heteroatoms. The Bertz CT molecular complexity index is 248. The van der Waals surface area contributed by atoms with E-state index in [1.807, 2.05) is 4.90 Å². The highest BCUT2D eigenvalue weighted by molar-refractivity contribution is 7.10.